The summed E-state index contributed by atoms with van der Waals surface area (Å²) in [7, 11) is 0. The number of fused-ring (bicyclic) bond motifs is 2. The average molecular weight is 539 g/mol. The number of halogens is 2. The number of hydrogen-bond donors (Lipinski definition) is 0. The van der Waals surface area contributed by atoms with E-state index in [-0.39, 0.29) is 17.0 Å². The van der Waals surface area contributed by atoms with Gasteiger partial charge in [-0.3, -0.25) is 9.59 Å². The number of aryl methyl sites for hydroxylation is 2. The Hall–Kier alpha value is -2.93. The maximum absolute atomic E-state index is 13.4. The molecular formula is C28H25Cl2N3O2S. The maximum Gasteiger partial charge on any atom is 0.277 e. The normalized spacial score (nSPS) is 12.5. The molecule has 0 atom stereocenters. The van der Waals surface area contributed by atoms with Gasteiger partial charge in [0, 0.05) is 44.5 Å². The van der Waals surface area contributed by atoms with Crippen LogP contribution in [0, 0.1) is 20.8 Å². The summed E-state index contributed by atoms with van der Waals surface area (Å²) >= 11 is 13.9. The lowest BCUT2D eigenvalue weighted by Gasteiger charge is -2.12. The highest BCUT2D eigenvalue weighted by atomic mass is 35.5. The summed E-state index contributed by atoms with van der Waals surface area (Å²) in [5.74, 6) is -0.0171. The lowest BCUT2D eigenvalue weighted by molar-refractivity contribution is 0.801. The Morgan fingerprint density at radius 1 is 1.06 bits per heavy atom. The number of nitrogens with zero attached hydrogens (tertiary/aromatic N) is 3. The van der Waals surface area contributed by atoms with E-state index in [1.54, 1.807) is 6.07 Å². The van der Waals surface area contributed by atoms with E-state index in [0.29, 0.717) is 37.3 Å². The predicted octanol–water partition coefficient (Wildman–Crippen LogP) is 6.02. The molecule has 3 aromatic heterocycles. The van der Waals surface area contributed by atoms with Crippen LogP contribution >= 0.6 is 34.5 Å². The van der Waals surface area contributed by atoms with Crippen LogP contribution in [0.2, 0.25) is 10.0 Å². The topological polar surface area (TPSA) is 56.4 Å². The lowest BCUT2D eigenvalue weighted by Crippen LogP contribution is -2.33. The molecule has 8 heteroatoms. The van der Waals surface area contributed by atoms with Gasteiger partial charge < -0.3 is 4.57 Å². The molecule has 36 heavy (non-hydrogen) atoms. The van der Waals surface area contributed by atoms with E-state index in [0.717, 1.165) is 33.3 Å². The van der Waals surface area contributed by atoms with Crippen molar-refractivity contribution in [3.63, 3.8) is 0 Å². The summed E-state index contributed by atoms with van der Waals surface area (Å²) in [6.45, 7) is 10.4. The van der Waals surface area contributed by atoms with Gasteiger partial charge >= 0.3 is 0 Å². The fraction of sp³-hybridized carbons (Fsp3) is 0.250. The van der Waals surface area contributed by atoms with Gasteiger partial charge in [0.1, 0.15) is 0 Å². The predicted molar refractivity (Wildman–Crippen MR) is 150 cm³/mol. The first-order valence-electron chi connectivity index (χ1n) is 11.7. The van der Waals surface area contributed by atoms with Gasteiger partial charge in [-0.05, 0) is 56.0 Å². The van der Waals surface area contributed by atoms with E-state index < -0.39 is 0 Å². The molecule has 5 aromatic rings. The summed E-state index contributed by atoms with van der Waals surface area (Å²) in [6, 6.07) is 11.7. The Kier molecular flexibility index (Phi) is 6.31. The molecule has 0 bridgehead atoms. The molecule has 0 N–H and O–H groups in total. The maximum atomic E-state index is 13.4. The van der Waals surface area contributed by atoms with Gasteiger partial charge in [-0.25, -0.2) is 9.38 Å². The van der Waals surface area contributed by atoms with Crippen molar-refractivity contribution in [2.45, 2.75) is 47.1 Å². The lowest BCUT2D eigenvalue weighted by atomic mass is 10.0. The van der Waals surface area contributed by atoms with Gasteiger partial charge in [0.2, 0.25) is 4.96 Å². The third-order valence-corrected chi connectivity index (χ3v) is 8.24. The zero-order valence-electron chi connectivity index (χ0n) is 20.6. The molecule has 5 nitrogen and oxygen atoms in total. The van der Waals surface area contributed by atoms with Gasteiger partial charge in [0.15, 0.2) is 0 Å². The molecule has 0 fully saturated rings. The van der Waals surface area contributed by atoms with Crippen molar-refractivity contribution in [3.8, 4) is 0 Å². The van der Waals surface area contributed by atoms with Crippen LogP contribution < -0.4 is 15.7 Å². The molecule has 0 amide bonds. The Morgan fingerprint density at radius 2 is 1.81 bits per heavy atom. The van der Waals surface area contributed by atoms with Crippen molar-refractivity contribution in [2.75, 3.05) is 0 Å². The standard InChI is InChI=1S/C28H25Cl2N3O2S/c1-14(2)24-16(4)31-28-33(27(24)35)26(34)23(36-28)12-21-17(5)32(25-15(3)7-6-8-20(21)25)13-18-9-10-19(29)11-22(18)30/h6-12,14H,13H2,1-5H3/b23-12-. The van der Waals surface area contributed by atoms with E-state index in [4.69, 9.17) is 23.2 Å². The van der Waals surface area contributed by atoms with Crippen molar-refractivity contribution >= 4 is 56.5 Å². The first-order chi connectivity index (χ1) is 17.1. The third kappa shape index (κ3) is 3.97. The minimum absolute atomic E-state index is 0.0171. The minimum Gasteiger partial charge on any atom is -0.340 e. The number of thiazole rings is 1. The van der Waals surface area contributed by atoms with Gasteiger partial charge in [-0.2, -0.15) is 0 Å². The minimum atomic E-state index is -0.330. The Morgan fingerprint density at radius 3 is 2.50 bits per heavy atom. The number of rotatable bonds is 4. The Balaban J connectivity index is 1.78. The highest BCUT2D eigenvalue weighted by Gasteiger charge is 2.19. The second kappa shape index (κ2) is 9.18. The molecule has 184 valence electrons. The van der Waals surface area contributed by atoms with Crippen molar-refractivity contribution in [2.24, 2.45) is 0 Å². The third-order valence-electron chi connectivity index (χ3n) is 6.68. The monoisotopic (exact) mass is 537 g/mol. The first kappa shape index (κ1) is 24.8. The summed E-state index contributed by atoms with van der Waals surface area (Å²) in [4.78, 5) is 31.6. The second-order valence-corrected chi connectivity index (χ2v) is 11.2. The molecule has 0 saturated heterocycles. The van der Waals surface area contributed by atoms with Crippen molar-refractivity contribution in [1.82, 2.24) is 14.0 Å². The van der Waals surface area contributed by atoms with Crippen LogP contribution in [0.4, 0.5) is 0 Å². The van der Waals surface area contributed by atoms with Crippen molar-refractivity contribution < 1.29 is 0 Å². The van der Waals surface area contributed by atoms with Crippen LogP contribution in [0.15, 0.2) is 46.0 Å². The van der Waals surface area contributed by atoms with Crippen molar-refractivity contribution in [3.05, 3.63) is 105 Å². The zero-order valence-corrected chi connectivity index (χ0v) is 23.0. The Labute approximate surface area is 222 Å². The summed E-state index contributed by atoms with van der Waals surface area (Å²) < 4.78 is 3.91. The van der Waals surface area contributed by atoms with Crippen LogP contribution in [0.3, 0.4) is 0 Å². The van der Waals surface area contributed by atoms with Gasteiger partial charge in [0.05, 0.1) is 10.0 Å². The van der Waals surface area contributed by atoms with E-state index in [1.165, 1.54) is 15.7 Å². The highest BCUT2D eigenvalue weighted by molar-refractivity contribution is 7.15. The van der Waals surface area contributed by atoms with Crippen LogP contribution in [-0.2, 0) is 6.54 Å². The summed E-state index contributed by atoms with van der Waals surface area (Å²) in [5, 5.41) is 2.24. The molecule has 0 saturated carbocycles. The van der Waals surface area contributed by atoms with E-state index in [9.17, 15) is 9.59 Å². The van der Waals surface area contributed by atoms with E-state index in [1.807, 2.05) is 52.0 Å². The molecule has 3 heterocycles. The number of aromatic nitrogens is 3. The number of hydrogen-bond acceptors (Lipinski definition) is 4. The number of benzene rings is 2. The second-order valence-electron chi connectivity index (χ2n) is 9.40. The number of para-hydroxylation sites is 1. The van der Waals surface area contributed by atoms with Gasteiger partial charge in [-0.1, -0.05) is 72.7 Å². The highest BCUT2D eigenvalue weighted by Crippen LogP contribution is 2.31. The zero-order chi connectivity index (χ0) is 25.9. The summed E-state index contributed by atoms with van der Waals surface area (Å²) in [5.41, 5.74) is 5.74. The molecule has 5 rings (SSSR count). The van der Waals surface area contributed by atoms with Crippen LogP contribution in [0.1, 0.15) is 53.4 Å². The molecule has 0 aliphatic rings. The van der Waals surface area contributed by atoms with Gasteiger partial charge in [-0.15, -0.1) is 0 Å². The molecule has 0 radical (unpaired) electrons. The smallest absolute Gasteiger partial charge is 0.277 e. The fourth-order valence-electron chi connectivity index (χ4n) is 4.95. The van der Waals surface area contributed by atoms with Crippen LogP contribution in [0.5, 0.6) is 0 Å². The molecule has 0 aliphatic carbocycles. The molecule has 2 aromatic carbocycles. The SMILES string of the molecule is Cc1nc2s/c(=C\c3c(C)n(Cc4ccc(Cl)cc4Cl)c4c(C)cccc34)c(=O)n2c(=O)c1C(C)C. The largest absolute Gasteiger partial charge is 0.340 e. The van der Waals surface area contributed by atoms with Crippen LogP contribution in [-0.4, -0.2) is 14.0 Å². The molecule has 0 unspecified atom stereocenters. The average Bonchev–Trinajstić information content (AvgIpc) is 3.25. The Bertz CT molecular complexity index is 1850. The molecular weight excluding hydrogens is 513 g/mol. The molecule has 0 aliphatic heterocycles. The van der Waals surface area contributed by atoms with E-state index >= 15 is 0 Å². The fourth-order valence-corrected chi connectivity index (χ4v) is 6.41. The quantitative estimate of drug-likeness (QED) is 0.281. The molecule has 0 spiro atoms. The van der Waals surface area contributed by atoms with Crippen molar-refractivity contribution in [1.29, 1.82) is 0 Å². The van der Waals surface area contributed by atoms with E-state index in [2.05, 4.69) is 28.6 Å². The first-order valence-corrected chi connectivity index (χ1v) is 13.3. The summed E-state index contributed by atoms with van der Waals surface area (Å²) in [6.07, 6.45) is 1.89. The van der Waals surface area contributed by atoms with Gasteiger partial charge in [0.25, 0.3) is 11.1 Å². The van der Waals surface area contributed by atoms with Crippen LogP contribution in [0.25, 0.3) is 21.9 Å².